The van der Waals surface area contributed by atoms with E-state index in [1.54, 1.807) is 29.7 Å². The normalized spacial score (nSPS) is 15.2. The number of rotatable bonds is 7. The molecule has 1 aromatic carbocycles. The number of nitrogens with one attached hydrogen (secondary N) is 1. The van der Waals surface area contributed by atoms with Gasteiger partial charge in [-0.15, -0.1) is 0 Å². The molecule has 6 heteroatoms. The summed E-state index contributed by atoms with van der Waals surface area (Å²) in [5, 5.41) is 2.94. The molecule has 3 rings (SSSR count). The van der Waals surface area contributed by atoms with Crippen LogP contribution in [0, 0.1) is 6.92 Å². The van der Waals surface area contributed by atoms with Crippen LogP contribution in [0.3, 0.4) is 0 Å². The summed E-state index contributed by atoms with van der Waals surface area (Å²) >= 11 is 0. The number of amides is 1. The van der Waals surface area contributed by atoms with Crippen LogP contribution < -0.4 is 10.9 Å². The third-order valence-electron chi connectivity index (χ3n) is 5.20. The van der Waals surface area contributed by atoms with E-state index in [9.17, 15) is 9.59 Å². The molecule has 0 bridgehead atoms. The first-order valence-electron chi connectivity index (χ1n) is 10.0. The van der Waals surface area contributed by atoms with Crippen molar-refractivity contribution in [1.29, 1.82) is 0 Å². The van der Waals surface area contributed by atoms with Crippen LogP contribution in [0.25, 0.3) is 11.0 Å². The summed E-state index contributed by atoms with van der Waals surface area (Å²) in [4.78, 5) is 28.9. The first-order chi connectivity index (χ1) is 13.1. The molecule has 0 radical (unpaired) electrons. The minimum absolute atomic E-state index is 0.0832. The van der Waals surface area contributed by atoms with Gasteiger partial charge in [0.2, 0.25) is 0 Å². The van der Waals surface area contributed by atoms with Gasteiger partial charge >= 0.3 is 0 Å². The molecule has 0 saturated heterocycles. The van der Waals surface area contributed by atoms with Gasteiger partial charge in [0, 0.05) is 25.3 Å². The van der Waals surface area contributed by atoms with Crippen LogP contribution in [0.1, 0.15) is 61.5 Å². The van der Waals surface area contributed by atoms with E-state index >= 15 is 0 Å². The maximum Gasteiger partial charge on any atom is 0.272 e. The van der Waals surface area contributed by atoms with Crippen LogP contribution in [0.5, 0.6) is 0 Å². The number of aryl methyl sites for hydroxylation is 2. The highest BCUT2D eigenvalue weighted by atomic mass is 16.5. The number of aromatic nitrogens is 2. The van der Waals surface area contributed by atoms with E-state index in [4.69, 9.17) is 4.74 Å². The molecule has 1 amide bonds. The van der Waals surface area contributed by atoms with E-state index in [0.717, 1.165) is 11.9 Å². The minimum Gasteiger partial charge on any atom is -0.378 e. The smallest absolute Gasteiger partial charge is 0.272 e. The van der Waals surface area contributed by atoms with Gasteiger partial charge in [-0.3, -0.25) is 9.59 Å². The Morgan fingerprint density at radius 3 is 2.81 bits per heavy atom. The lowest BCUT2D eigenvalue weighted by Crippen LogP contribution is -2.27. The molecule has 1 N–H and O–H groups in total. The summed E-state index contributed by atoms with van der Waals surface area (Å²) in [5.41, 5.74) is 2.35. The SMILES string of the molecule is CCn1c(=O)c(C)nc2cc(C(=O)NCCCOC3CCCCC3)ccc21. The Kier molecular flexibility index (Phi) is 6.61. The van der Waals surface area contributed by atoms with Gasteiger partial charge in [-0.05, 0) is 51.3 Å². The highest BCUT2D eigenvalue weighted by Crippen LogP contribution is 2.20. The number of carbonyl (C=O) groups is 1. The zero-order valence-electron chi connectivity index (χ0n) is 16.3. The number of benzene rings is 1. The van der Waals surface area contributed by atoms with Crippen molar-refractivity contribution in [1.82, 2.24) is 14.9 Å². The first-order valence-corrected chi connectivity index (χ1v) is 10.0. The molecule has 1 aromatic heterocycles. The third-order valence-corrected chi connectivity index (χ3v) is 5.20. The predicted molar refractivity (Wildman–Crippen MR) is 106 cm³/mol. The van der Waals surface area contributed by atoms with Gasteiger partial charge in [-0.2, -0.15) is 0 Å². The van der Waals surface area contributed by atoms with Crippen molar-refractivity contribution in [3.8, 4) is 0 Å². The Balaban J connectivity index is 1.56. The maximum atomic E-state index is 12.4. The molecule has 2 aromatic rings. The van der Waals surface area contributed by atoms with Crippen molar-refractivity contribution in [2.45, 2.75) is 65.0 Å². The lowest BCUT2D eigenvalue weighted by molar-refractivity contribution is 0.0273. The summed E-state index contributed by atoms with van der Waals surface area (Å²) in [6, 6.07) is 5.30. The van der Waals surface area contributed by atoms with Crippen molar-refractivity contribution >= 4 is 16.9 Å². The molecule has 27 heavy (non-hydrogen) atoms. The molecule has 1 aliphatic rings. The average molecular weight is 371 g/mol. The van der Waals surface area contributed by atoms with E-state index in [2.05, 4.69) is 10.3 Å². The quantitative estimate of drug-likeness (QED) is 0.759. The zero-order chi connectivity index (χ0) is 19.2. The molecular formula is C21H29N3O3. The Morgan fingerprint density at radius 1 is 1.30 bits per heavy atom. The lowest BCUT2D eigenvalue weighted by Gasteiger charge is -2.21. The number of nitrogens with zero attached hydrogens (tertiary/aromatic N) is 2. The molecule has 0 aliphatic heterocycles. The van der Waals surface area contributed by atoms with E-state index < -0.39 is 0 Å². The first kappa shape index (κ1) is 19.5. The van der Waals surface area contributed by atoms with Crippen LogP contribution in [0.4, 0.5) is 0 Å². The highest BCUT2D eigenvalue weighted by Gasteiger charge is 2.14. The topological polar surface area (TPSA) is 73.2 Å². The molecule has 1 heterocycles. The van der Waals surface area contributed by atoms with Crippen LogP contribution in [-0.2, 0) is 11.3 Å². The molecule has 0 unspecified atom stereocenters. The van der Waals surface area contributed by atoms with Gasteiger partial charge in [0.05, 0.1) is 17.1 Å². The molecular weight excluding hydrogens is 342 g/mol. The number of hydrogen-bond donors (Lipinski definition) is 1. The summed E-state index contributed by atoms with van der Waals surface area (Å²) in [7, 11) is 0. The molecule has 0 spiro atoms. The molecule has 146 valence electrons. The maximum absolute atomic E-state index is 12.4. The van der Waals surface area contributed by atoms with Gasteiger partial charge in [0.25, 0.3) is 11.5 Å². The van der Waals surface area contributed by atoms with Crippen molar-refractivity contribution in [2.75, 3.05) is 13.2 Å². The predicted octanol–water partition coefficient (Wildman–Crippen LogP) is 3.19. The minimum atomic E-state index is -0.122. The monoisotopic (exact) mass is 371 g/mol. The number of ether oxygens (including phenoxy) is 1. The zero-order valence-corrected chi connectivity index (χ0v) is 16.3. The Morgan fingerprint density at radius 2 is 2.07 bits per heavy atom. The van der Waals surface area contributed by atoms with Crippen molar-refractivity contribution < 1.29 is 9.53 Å². The van der Waals surface area contributed by atoms with Crippen LogP contribution in [-0.4, -0.2) is 34.7 Å². The second-order valence-corrected chi connectivity index (χ2v) is 7.19. The van der Waals surface area contributed by atoms with Crippen LogP contribution >= 0.6 is 0 Å². The van der Waals surface area contributed by atoms with Gasteiger partial charge in [0.15, 0.2) is 0 Å². The average Bonchev–Trinajstić information content (AvgIpc) is 2.69. The largest absolute Gasteiger partial charge is 0.378 e. The van der Waals surface area contributed by atoms with Crippen molar-refractivity contribution in [3.05, 3.63) is 39.8 Å². The fourth-order valence-corrected chi connectivity index (χ4v) is 3.69. The van der Waals surface area contributed by atoms with Gasteiger partial charge < -0.3 is 14.6 Å². The van der Waals surface area contributed by atoms with Crippen LogP contribution in [0.2, 0.25) is 0 Å². The standard InChI is InChI=1S/C21H29N3O3/c1-3-24-19-11-10-16(14-18(19)23-15(2)21(24)26)20(25)22-12-7-13-27-17-8-5-4-6-9-17/h10-11,14,17H,3-9,12-13H2,1-2H3,(H,22,25). The summed E-state index contributed by atoms with van der Waals surface area (Å²) in [6.07, 6.45) is 7.40. The Labute approximate surface area is 159 Å². The Bertz CT molecular complexity index is 854. The van der Waals surface area contributed by atoms with Gasteiger partial charge in [-0.1, -0.05) is 19.3 Å². The van der Waals surface area contributed by atoms with Gasteiger partial charge in [0.1, 0.15) is 5.69 Å². The molecule has 1 fully saturated rings. The fraction of sp³-hybridized carbons (Fsp3) is 0.571. The molecule has 1 aliphatic carbocycles. The molecule has 0 atom stereocenters. The van der Waals surface area contributed by atoms with Crippen LogP contribution in [0.15, 0.2) is 23.0 Å². The van der Waals surface area contributed by atoms with Gasteiger partial charge in [-0.25, -0.2) is 4.98 Å². The fourth-order valence-electron chi connectivity index (χ4n) is 3.69. The molecule has 1 saturated carbocycles. The van der Waals surface area contributed by atoms with E-state index in [-0.39, 0.29) is 11.5 Å². The highest BCUT2D eigenvalue weighted by molar-refractivity contribution is 5.97. The summed E-state index contributed by atoms with van der Waals surface area (Å²) in [5.74, 6) is -0.122. The van der Waals surface area contributed by atoms with E-state index in [1.807, 2.05) is 6.92 Å². The Hall–Kier alpha value is -2.21. The lowest BCUT2D eigenvalue weighted by atomic mass is 9.98. The summed E-state index contributed by atoms with van der Waals surface area (Å²) < 4.78 is 7.57. The third kappa shape index (κ3) is 4.75. The van der Waals surface area contributed by atoms with E-state index in [1.165, 1.54) is 32.1 Å². The number of fused-ring (bicyclic) bond motifs is 1. The second kappa shape index (κ2) is 9.13. The summed E-state index contributed by atoms with van der Waals surface area (Å²) in [6.45, 7) is 5.48. The second-order valence-electron chi connectivity index (χ2n) is 7.19. The number of carbonyl (C=O) groups excluding carboxylic acids is 1. The van der Waals surface area contributed by atoms with Crippen molar-refractivity contribution in [2.24, 2.45) is 0 Å². The molecule has 6 nitrogen and oxygen atoms in total. The van der Waals surface area contributed by atoms with E-state index in [0.29, 0.717) is 42.6 Å². The number of hydrogen-bond acceptors (Lipinski definition) is 4. The van der Waals surface area contributed by atoms with Crippen molar-refractivity contribution in [3.63, 3.8) is 0 Å².